The summed E-state index contributed by atoms with van der Waals surface area (Å²) >= 11 is 0. The standard InChI is InChI=1S/C12H17N3/c1-9-4-5-11(14)12(6-9)15(3)8-10(2)7-13/h4-6,10H,8,14H2,1-3H3. The second kappa shape index (κ2) is 4.70. The highest BCUT2D eigenvalue weighted by atomic mass is 15.1. The van der Waals surface area contributed by atoms with E-state index in [4.69, 9.17) is 11.0 Å². The van der Waals surface area contributed by atoms with Gasteiger partial charge in [-0.3, -0.25) is 0 Å². The first kappa shape index (κ1) is 11.4. The van der Waals surface area contributed by atoms with E-state index in [0.29, 0.717) is 6.54 Å². The fourth-order valence-electron chi connectivity index (χ4n) is 1.53. The number of hydrogen-bond acceptors (Lipinski definition) is 3. The molecule has 1 aromatic carbocycles. The molecule has 0 fully saturated rings. The predicted molar refractivity (Wildman–Crippen MR) is 63.6 cm³/mol. The zero-order valence-corrected chi connectivity index (χ0v) is 9.49. The Bertz CT molecular complexity index is 379. The topological polar surface area (TPSA) is 53.0 Å². The summed E-state index contributed by atoms with van der Waals surface area (Å²) in [7, 11) is 1.96. The average molecular weight is 203 g/mol. The molecule has 80 valence electrons. The number of benzene rings is 1. The van der Waals surface area contributed by atoms with Gasteiger partial charge in [-0.1, -0.05) is 6.07 Å². The molecule has 0 heterocycles. The highest BCUT2D eigenvalue weighted by Gasteiger charge is 2.08. The van der Waals surface area contributed by atoms with Gasteiger partial charge >= 0.3 is 0 Å². The first-order valence-corrected chi connectivity index (χ1v) is 5.01. The van der Waals surface area contributed by atoms with Crippen molar-refractivity contribution in [2.75, 3.05) is 24.2 Å². The van der Waals surface area contributed by atoms with Crippen molar-refractivity contribution in [1.82, 2.24) is 0 Å². The minimum atomic E-state index is 0.00918. The van der Waals surface area contributed by atoms with Gasteiger partial charge in [-0.25, -0.2) is 0 Å². The van der Waals surface area contributed by atoms with Crippen LogP contribution in [-0.2, 0) is 0 Å². The Balaban J connectivity index is 2.86. The van der Waals surface area contributed by atoms with E-state index in [1.165, 1.54) is 5.56 Å². The summed E-state index contributed by atoms with van der Waals surface area (Å²) in [4.78, 5) is 2.02. The fraction of sp³-hybridized carbons (Fsp3) is 0.417. The number of rotatable bonds is 3. The van der Waals surface area contributed by atoms with E-state index >= 15 is 0 Å². The van der Waals surface area contributed by atoms with Crippen molar-refractivity contribution in [3.63, 3.8) is 0 Å². The van der Waals surface area contributed by atoms with Crippen LogP contribution >= 0.6 is 0 Å². The number of nitrogen functional groups attached to an aromatic ring is 1. The van der Waals surface area contributed by atoms with Gasteiger partial charge in [0, 0.05) is 13.6 Å². The highest BCUT2D eigenvalue weighted by Crippen LogP contribution is 2.23. The number of anilines is 2. The lowest BCUT2D eigenvalue weighted by atomic mass is 10.1. The Hall–Kier alpha value is -1.69. The Kier molecular flexibility index (Phi) is 3.56. The lowest BCUT2D eigenvalue weighted by Gasteiger charge is -2.22. The molecule has 0 spiro atoms. The van der Waals surface area contributed by atoms with Crippen LogP contribution in [0.5, 0.6) is 0 Å². The molecule has 2 N–H and O–H groups in total. The normalized spacial score (nSPS) is 11.9. The first-order chi connectivity index (χ1) is 7.04. The largest absolute Gasteiger partial charge is 0.397 e. The number of nitrogens with zero attached hydrogens (tertiary/aromatic N) is 2. The van der Waals surface area contributed by atoms with E-state index in [1.54, 1.807) is 0 Å². The van der Waals surface area contributed by atoms with Gasteiger partial charge in [0.2, 0.25) is 0 Å². The van der Waals surface area contributed by atoms with Crippen LogP contribution in [0.2, 0.25) is 0 Å². The SMILES string of the molecule is Cc1ccc(N)c(N(C)CC(C)C#N)c1. The molecule has 1 aromatic rings. The maximum Gasteiger partial charge on any atom is 0.0671 e. The monoisotopic (exact) mass is 203 g/mol. The molecule has 0 amide bonds. The Morgan fingerprint density at radius 3 is 2.80 bits per heavy atom. The number of aryl methyl sites for hydroxylation is 1. The molecule has 0 aliphatic carbocycles. The van der Waals surface area contributed by atoms with Crippen molar-refractivity contribution in [3.05, 3.63) is 23.8 Å². The third-order valence-corrected chi connectivity index (χ3v) is 2.37. The van der Waals surface area contributed by atoms with E-state index in [-0.39, 0.29) is 5.92 Å². The molecule has 0 aliphatic rings. The molecule has 0 saturated heterocycles. The maximum atomic E-state index is 8.75. The summed E-state index contributed by atoms with van der Waals surface area (Å²) < 4.78 is 0. The van der Waals surface area contributed by atoms with E-state index in [0.717, 1.165) is 11.4 Å². The summed E-state index contributed by atoms with van der Waals surface area (Å²) in [6.07, 6.45) is 0. The predicted octanol–water partition coefficient (Wildman–Crippen LogP) is 2.17. The molecule has 0 aromatic heterocycles. The molecule has 0 radical (unpaired) electrons. The molecule has 0 saturated carbocycles. The van der Waals surface area contributed by atoms with Crippen molar-refractivity contribution in [1.29, 1.82) is 5.26 Å². The Morgan fingerprint density at radius 2 is 2.20 bits per heavy atom. The molecule has 0 bridgehead atoms. The smallest absolute Gasteiger partial charge is 0.0671 e. The molecule has 15 heavy (non-hydrogen) atoms. The number of nitrogens with two attached hydrogens (primary N) is 1. The van der Waals surface area contributed by atoms with Crippen molar-refractivity contribution < 1.29 is 0 Å². The zero-order valence-electron chi connectivity index (χ0n) is 9.49. The quantitative estimate of drug-likeness (QED) is 0.766. The van der Waals surface area contributed by atoms with Gasteiger partial charge in [-0.2, -0.15) is 5.26 Å². The van der Waals surface area contributed by atoms with Gasteiger partial charge in [0.25, 0.3) is 0 Å². The molecule has 1 unspecified atom stereocenters. The lowest BCUT2D eigenvalue weighted by molar-refractivity contribution is 0.717. The second-order valence-electron chi connectivity index (χ2n) is 3.97. The van der Waals surface area contributed by atoms with Crippen LogP contribution in [-0.4, -0.2) is 13.6 Å². The van der Waals surface area contributed by atoms with Crippen molar-refractivity contribution in [2.45, 2.75) is 13.8 Å². The van der Waals surface area contributed by atoms with Crippen LogP contribution in [0.1, 0.15) is 12.5 Å². The van der Waals surface area contributed by atoms with Crippen LogP contribution in [0.4, 0.5) is 11.4 Å². The average Bonchev–Trinajstić information content (AvgIpc) is 2.21. The van der Waals surface area contributed by atoms with Crippen molar-refractivity contribution >= 4 is 11.4 Å². The van der Waals surface area contributed by atoms with Crippen LogP contribution in [0.25, 0.3) is 0 Å². The minimum Gasteiger partial charge on any atom is -0.397 e. The summed E-state index contributed by atoms with van der Waals surface area (Å²) in [5, 5.41) is 8.75. The number of hydrogen-bond donors (Lipinski definition) is 1. The van der Waals surface area contributed by atoms with Crippen LogP contribution in [0, 0.1) is 24.2 Å². The van der Waals surface area contributed by atoms with Gasteiger partial charge in [0.05, 0.1) is 23.4 Å². The molecule has 3 heteroatoms. The van der Waals surface area contributed by atoms with Gasteiger partial charge < -0.3 is 10.6 Å². The van der Waals surface area contributed by atoms with E-state index in [1.807, 2.05) is 44.0 Å². The van der Waals surface area contributed by atoms with Crippen LogP contribution in [0.15, 0.2) is 18.2 Å². The van der Waals surface area contributed by atoms with Gasteiger partial charge in [-0.15, -0.1) is 0 Å². The van der Waals surface area contributed by atoms with Gasteiger partial charge in [0.1, 0.15) is 0 Å². The van der Waals surface area contributed by atoms with E-state index in [2.05, 4.69) is 6.07 Å². The Labute approximate surface area is 91.1 Å². The third-order valence-electron chi connectivity index (χ3n) is 2.37. The second-order valence-corrected chi connectivity index (χ2v) is 3.97. The van der Waals surface area contributed by atoms with Crippen LogP contribution in [0.3, 0.4) is 0 Å². The van der Waals surface area contributed by atoms with Crippen LogP contribution < -0.4 is 10.6 Å². The highest BCUT2D eigenvalue weighted by molar-refractivity contribution is 5.68. The van der Waals surface area contributed by atoms with Gasteiger partial charge in [0.15, 0.2) is 0 Å². The summed E-state index contributed by atoms with van der Waals surface area (Å²) in [6, 6.07) is 8.15. The summed E-state index contributed by atoms with van der Waals surface area (Å²) in [5.41, 5.74) is 8.81. The first-order valence-electron chi connectivity index (χ1n) is 5.01. The number of nitriles is 1. The van der Waals surface area contributed by atoms with Crippen molar-refractivity contribution in [3.8, 4) is 6.07 Å². The molecule has 0 aliphatic heterocycles. The summed E-state index contributed by atoms with van der Waals surface area (Å²) in [5.74, 6) is 0.00918. The summed E-state index contributed by atoms with van der Waals surface area (Å²) in [6.45, 7) is 4.64. The lowest BCUT2D eigenvalue weighted by Crippen LogP contribution is -2.24. The molecule has 3 nitrogen and oxygen atoms in total. The van der Waals surface area contributed by atoms with Gasteiger partial charge in [-0.05, 0) is 31.5 Å². The molecular formula is C12H17N3. The van der Waals surface area contributed by atoms with E-state index in [9.17, 15) is 0 Å². The maximum absolute atomic E-state index is 8.75. The molecule has 1 rings (SSSR count). The Morgan fingerprint density at radius 1 is 1.53 bits per heavy atom. The molecule has 1 atom stereocenters. The third kappa shape index (κ3) is 2.88. The zero-order chi connectivity index (χ0) is 11.4. The van der Waals surface area contributed by atoms with Crippen molar-refractivity contribution in [2.24, 2.45) is 5.92 Å². The molecular weight excluding hydrogens is 186 g/mol. The minimum absolute atomic E-state index is 0.00918. The van der Waals surface area contributed by atoms with E-state index < -0.39 is 0 Å². The fourth-order valence-corrected chi connectivity index (χ4v) is 1.53.